The molecule has 0 atom stereocenters. The normalized spacial score (nSPS) is 13.9. The lowest BCUT2D eigenvalue weighted by Gasteiger charge is -2.40. The molecular weight excluding hydrogens is 631 g/mol. The van der Waals surface area contributed by atoms with Gasteiger partial charge in [0.2, 0.25) is 5.43 Å². The Kier molecular flexibility index (Phi) is 11.6. The van der Waals surface area contributed by atoms with E-state index in [2.05, 4.69) is 24.4 Å². The van der Waals surface area contributed by atoms with Gasteiger partial charge in [0.1, 0.15) is 28.8 Å². The van der Waals surface area contributed by atoms with Crippen LogP contribution in [0.1, 0.15) is 74.6 Å². The van der Waals surface area contributed by atoms with Gasteiger partial charge < -0.3 is 19.4 Å². The molecule has 2 aromatic heterocycles. The van der Waals surface area contributed by atoms with Crippen molar-refractivity contribution in [2.24, 2.45) is 0 Å². The molecule has 1 aliphatic carbocycles. The van der Waals surface area contributed by atoms with E-state index in [1.165, 1.54) is 80.5 Å². The standard InChI is InChI=1S/C38H46F3N5O3/c1-44(2)35-18-16-31-36(47)32(38(48)42-28-22-26(39)21-27(40)23-28)25-45(37(31)43-35)34-17-15-30(24-33(34)41)49-20-12-7-5-6-11-19-46(3,4)29-13-9-8-10-14-29/h15-18,21-25,29H,5-14,19-20H2,1-4H3/p+1. The molecule has 5 rings (SSSR count). The fourth-order valence-electron chi connectivity index (χ4n) is 6.69. The minimum absolute atomic E-state index is 0.0427. The topological polar surface area (TPSA) is 76.5 Å². The van der Waals surface area contributed by atoms with Crippen LogP contribution < -0.4 is 20.4 Å². The number of aromatic nitrogens is 2. The Morgan fingerprint density at radius 3 is 2.33 bits per heavy atom. The van der Waals surface area contributed by atoms with E-state index in [1.807, 2.05) is 0 Å². The number of hydrogen-bond donors (Lipinski definition) is 1. The smallest absolute Gasteiger partial charge is 0.261 e. The van der Waals surface area contributed by atoms with Gasteiger partial charge >= 0.3 is 0 Å². The Bertz CT molecular complexity index is 1820. The molecule has 2 heterocycles. The SMILES string of the molecule is CN(C)c1ccc2c(=O)c(C(=O)Nc3cc(F)cc(F)c3)cn(-c3ccc(OCCCCCCC[N+](C)(C)C4CCCCC4)cc3F)c2n1. The first kappa shape index (κ1) is 35.9. The maximum atomic E-state index is 15.7. The molecule has 1 N–H and O–H groups in total. The molecule has 1 amide bonds. The predicted molar refractivity (Wildman–Crippen MR) is 188 cm³/mol. The molecule has 0 spiro atoms. The molecule has 1 fully saturated rings. The fourth-order valence-corrected chi connectivity index (χ4v) is 6.69. The van der Waals surface area contributed by atoms with Crippen molar-refractivity contribution >= 4 is 28.4 Å². The van der Waals surface area contributed by atoms with Crippen LogP contribution in [0.3, 0.4) is 0 Å². The van der Waals surface area contributed by atoms with Crippen molar-refractivity contribution in [3.63, 3.8) is 0 Å². The summed E-state index contributed by atoms with van der Waals surface area (Å²) >= 11 is 0. The lowest BCUT2D eigenvalue weighted by molar-refractivity contribution is -0.916. The van der Waals surface area contributed by atoms with Gasteiger partial charge in [-0.05, 0) is 81.3 Å². The Balaban J connectivity index is 1.25. The molecule has 0 radical (unpaired) electrons. The van der Waals surface area contributed by atoms with Gasteiger partial charge in [-0.15, -0.1) is 0 Å². The van der Waals surface area contributed by atoms with E-state index in [4.69, 9.17) is 4.74 Å². The second kappa shape index (κ2) is 15.9. The van der Waals surface area contributed by atoms with E-state index in [1.54, 1.807) is 31.1 Å². The summed E-state index contributed by atoms with van der Waals surface area (Å²) < 4.78 is 51.6. The predicted octanol–water partition coefficient (Wildman–Crippen LogP) is 7.86. The molecule has 0 bridgehead atoms. The van der Waals surface area contributed by atoms with E-state index in [9.17, 15) is 18.4 Å². The van der Waals surface area contributed by atoms with Gasteiger partial charge in [0.05, 0.1) is 44.4 Å². The summed E-state index contributed by atoms with van der Waals surface area (Å²) in [5.74, 6) is -2.45. The second-order valence-corrected chi connectivity index (χ2v) is 13.8. The van der Waals surface area contributed by atoms with Crippen LogP contribution in [0.25, 0.3) is 16.7 Å². The third-order valence-electron chi connectivity index (χ3n) is 9.55. The number of unbranched alkanes of at least 4 members (excludes halogenated alkanes) is 4. The summed E-state index contributed by atoms with van der Waals surface area (Å²) in [5, 5.41) is 2.44. The van der Waals surface area contributed by atoms with E-state index < -0.39 is 28.8 Å². The Hall–Kier alpha value is -4.38. The lowest BCUT2D eigenvalue weighted by atomic mass is 9.93. The van der Waals surface area contributed by atoms with Gasteiger partial charge in [-0.3, -0.25) is 14.2 Å². The number of carbonyl (C=O) groups excluding carboxylic acids is 1. The van der Waals surface area contributed by atoms with Crippen LogP contribution in [0.5, 0.6) is 5.75 Å². The highest BCUT2D eigenvalue weighted by atomic mass is 19.1. The van der Waals surface area contributed by atoms with Crippen LogP contribution in [0.4, 0.5) is 24.7 Å². The van der Waals surface area contributed by atoms with Gasteiger partial charge in [0.25, 0.3) is 5.91 Å². The third-order valence-corrected chi connectivity index (χ3v) is 9.55. The molecule has 11 heteroatoms. The number of carbonyl (C=O) groups is 1. The first-order valence-electron chi connectivity index (χ1n) is 17.2. The van der Waals surface area contributed by atoms with Crippen LogP contribution >= 0.6 is 0 Å². The Morgan fingerprint density at radius 2 is 1.63 bits per heavy atom. The van der Waals surface area contributed by atoms with Gasteiger partial charge in [-0.25, -0.2) is 18.2 Å². The molecule has 2 aromatic carbocycles. The Labute approximate surface area is 286 Å². The molecule has 0 saturated heterocycles. The third kappa shape index (κ3) is 9.00. The van der Waals surface area contributed by atoms with Crippen molar-refractivity contribution in [3.8, 4) is 11.4 Å². The number of anilines is 2. The molecule has 49 heavy (non-hydrogen) atoms. The van der Waals surface area contributed by atoms with Crippen LogP contribution in [0, 0.1) is 17.5 Å². The van der Waals surface area contributed by atoms with E-state index in [0.29, 0.717) is 24.2 Å². The van der Waals surface area contributed by atoms with Crippen LogP contribution in [-0.4, -0.2) is 67.3 Å². The van der Waals surface area contributed by atoms with E-state index in [0.717, 1.165) is 41.9 Å². The van der Waals surface area contributed by atoms with Crippen molar-refractivity contribution in [2.75, 3.05) is 51.6 Å². The quantitative estimate of drug-likeness (QED) is 0.109. The molecule has 8 nitrogen and oxygen atoms in total. The summed E-state index contributed by atoms with van der Waals surface area (Å²) in [7, 11) is 8.31. The van der Waals surface area contributed by atoms with Crippen LogP contribution in [0.2, 0.25) is 0 Å². The highest BCUT2D eigenvalue weighted by Crippen LogP contribution is 2.27. The number of nitrogens with one attached hydrogen (secondary N) is 1. The minimum Gasteiger partial charge on any atom is -0.493 e. The largest absolute Gasteiger partial charge is 0.493 e. The average molecular weight is 679 g/mol. The molecule has 0 unspecified atom stereocenters. The van der Waals surface area contributed by atoms with Gasteiger partial charge in [0, 0.05) is 38.1 Å². The maximum absolute atomic E-state index is 15.7. The second-order valence-electron chi connectivity index (χ2n) is 13.8. The first-order chi connectivity index (χ1) is 23.4. The molecule has 1 saturated carbocycles. The minimum atomic E-state index is -0.908. The number of halogens is 3. The number of ether oxygens (including phenoxy) is 1. The summed E-state index contributed by atoms with van der Waals surface area (Å²) in [6.45, 7) is 1.67. The first-order valence-corrected chi connectivity index (χ1v) is 17.2. The number of amides is 1. The number of pyridine rings is 2. The number of hydrogen-bond acceptors (Lipinski definition) is 5. The summed E-state index contributed by atoms with van der Waals surface area (Å²) in [5.41, 5.74) is -1.00. The van der Waals surface area contributed by atoms with Gasteiger partial charge in [0.15, 0.2) is 11.5 Å². The van der Waals surface area contributed by atoms with Gasteiger partial charge in [-0.2, -0.15) is 0 Å². The monoisotopic (exact) mass is 678 g/mol. The number of quaternary nitrogens is 1. The molecule has 4 aromatic rings. The zero-order valence-electron chi connectivity index (χ0n) is 28.9. The molecule has 0 aliphatic heterocycles. The van der Waals surface area contributed by atoms with Crippen molar-refractivity contribution in [3.05, 3.63) is 88.0 Å². The van der Waals surface area contributed by atoms with Crippen molar-refractivity contribution in [1.82, 2.24) is 9.55 Å². The molecular formula is C38H47F3N5O3+. The number of fused-ring (bicyclic) bond motifs is 1. The lowest BCUT2D eigenvalue weighted by Crippen LogP contribution is -2.50. The Morgan fingerprint density at radius 1 is 0.939 bits per heavy atom. The highest BCUT2D eigenvalue weighted by Gasteiger charge is 2.29. The summed E-state index contributed by atoms with van der Waals surface area (Å²) in [4.78, 5) is 33.0. The van der Waals surface area contributed by atoms with E-state index >= 15 is 4.39 Å². The summed E-state index contributed by atoms with van der Waals surface area (Å²) in [6, 6.07) is 10.9. The van der Waals surface area contributed by atoms with Gasteiger partial charge in [-0.1, -0.05) is 19.3 Å². The molecule has 1 aliphatic rings. The van der Waals surface area contributed by atoms with Crippen LogP contribution in [-0.2, 0) is 0 Å². The zero-order chi connectivity index (χ0) is 35.1. The number of rotatable bonds is 14. The van der Waals surface area contributed by atoms with Crippen molar-refractivity contribution in [2.45, 2.75) is 70.3 Å². The summed E-state index contributed by atoms with van der Waals surface area (Å²) in [6.07, 6.45) is 13.4. The van der Waals surface area contributed by atoms with E-state index in [-0.39, 0.29) is 28.0 Å². The van der Waals surface area contributed by atoms with Crippen molar-refractivity contribution < 1.29 is 27.2 Å². The highest BCUT2D eigenvalue weighted by molar-refractivity contribution is 6.05. The van der Waals surface area contributed by atoms with Crippen molar-refractivity contribution in [1.29, 1.82) is 0 Å². The maximum Gasteiger partial charge on any atom is 0.261 e. The number of nitrogens with zero attached hydrogens (tertiary/aromatic N) is 4. The van der Waals surface area contributed by atoms with Crippen LogP contribution in [0.15, 0.2) is 59.5 Å². The number of benzene rings is 2. The molecule has 262 valence electrons. The fraction of sp³-hybridized carbons (Fsp3) is 0.447. The average Bonchev–Trinajstić information content (AvgIpc) is 3.06. The zero-order valence-corrected chi connectivity index (χ0v) is 28.9.